The fourth-order valence-electron chi connectivity index (χ4n) is 2.37. The lowest BCUT2D eigenvalue weighted by Crippen LogP contribution is -2.34. The third-order valence-electron chi connectivity index (χ3n) is 3.54. The van der Waals surface area contributed by atoms with Gasteiger partial charge in [-0.3, -0.25) is 0 Å². The van der Waals surface area contributed by atoms with E-state index in [1.807, 2.05) is 44.2 Å². The van der Waals surface area contributed by atoms with Gasteiger partial charge in [-0.15, -0.1) is 0 Å². The number of hydrogen-bond donors (Lipinski definition) is 2. The summed E-state index contributed by atoms with van der Waals surface area (Å²) in [6.07, 6.45) is 1.69. The zero-order valence-corrected chi connectivity index (χ0v) is 14.8. The number of hydrogen-bond acceptors (Lipinski definition) is 3. The molecule has 0 aliphatic carbocycles. The summed E-state index contributed by atoms with van der Waals surface area (Å²) in [5.74, 6) is 0.892. The minimum Gasteiger partial charge on any atom is -0.350 e. The molecule has 0 fully saturated rings. The molecule has 2 amide bonds. The Morgan fingerprint density at radius 3 is 2.33 bits per heavy atom. The lowest BCUT2D eigenvalue weighted by atomic mass is 10.2. The molecule has 2 N–H and O–H groups in total. The molecule has 1 aromatic carbocycles. The summed E-state index contributed by atoms with van der Waals surface area (Å²) in [6.45, 7) is 8.93. The van der Waals surface area contributed by atoms with Crippen LogP contribution in [0.25, 0.3) is 0 Å². The first-order valence-electron chi connectivity index (χ1n) is 8.30. The maximum atomic E-state index is 11.7. The van der Waals surface area contributed by atoms with E-state index in [1.165, 1.54) is 5.56 Å². The second-order valence-corrected chi connectivity index (χ2v) is 6.37. The average Bonchev–Trinajstić information content (AvgIpc) is 2.53. The van der Waals surface area contributed by atoms with E-state index in [2.05, 4.69) is 46.5 Å². The predicted molar refractivity (Wildman–Crippen MR) is 99.3 cm³/mol. The lowest BCUT2D eigenvalue weighted by molar-refractivity contribution is 0.250. The Kier molecular flexibility index (Phi) is 6.18. The SMILES string of the molecule is CC(C)NC(=O)Nc1ccc(N(Cc2ccccc2)C(C)C)nc1. The minimum absolute atomic E-state index is 0.0968. The molecule has 24 heavy (non-hydrogen) atoms. The van der Waals surface area contributed by atoms with Crippen molar-refractivity contribution in [2.45, 2.75) is 46.3 Å². The summed E-state index contributed by atoms with van der Waals surface area (Å²) in [4.78, 5) is 18.5. The predicted octanol–water partition coefficient (Wildman–Crippen LogP) is 4.03. The van der Waals surface area contributed by atoms with Crippen molar-refractivity contribution < 1.29 is 4.79 Å². The van der Waals surface area contributed by atoms with Crippen molar-refractivity contribution in [3.8, 4) is 0 Å². The zero-order valence-electron chi connectivity index (χ0n) is 14.8. The molecule has 5 nitrogen and oxygen atoms in total. The maximum absolute atomic E-state index is 11.7. The van der Waals surface area contributed by atoms with E-state index >= 15 is 0 Å². The zero-order chi connectivity index (χ0) is 17.5. The summed E-state index contributed by atoms with van der Waals surface area (Å²) in [7, 11) is 0. The monoisotopic (exact) mass is 326 g/mol. The van der Waals surface area contributed by atoms with Crippen molar-refractivity contribution in [3.63, 3.8) is 0 Å². The molecule has 2 aromatic rings. The van der Waals surface area contributed by atoms with Crippen LogP contribution in [0.5, 0.6) is 0 Å². The Labute approximate surface area is 144 Å². The Morgan fingerprint density at radius 1 is 1.08 bits per heavy atom. The molecular formula is C19H26N4O. The molecule has 0 aliphatic heterocycles. The number of benzene rings is 1. The summed E-state index contributed by atoms with van der Waals surface area (Å²) >= 11 is 0. The highest BCUT2D eigenvalue weighted by atomic mass is 16.2. The molecule has 0 aliphatic rings. The van der Waals surface area contributed by atoms with Crippen LogP contribution in [0.4, 0.5) is 16.3 Å². The van der Waals surface area contributed by atoms with Crippen molar-refractivity contribution in [2.75, 3.05) is 10.2 Å². The van der Waals surface area contributed by atoms with Crippen LogP contribution in [0.3, 0.4) is 0 Å². The largest absolute Gasteiger partial charge is 0.350 e. The highest BCUT2D eigenvalue weighted by molar-refractivity contribution is 5.89. The Hall–Kier alpha value is -2.56. The topological polar surface area (TPSA) is 57.3 Å². The second kappa shape index (κ2) is 8.34. The van der Waals surface area contributed by atoms with Gasteiger partial charge in [0.05, 0.1) is 11.9 Å². The molecule has 1 heterocycles. The van der Waals surface area contributed by atoms with Crippen LogP contribution in [0.1, 0.15) is 33.3 Å². The number of urea groups is 1. The Bertz CT molecular complexity index is 638. The third kappa shape index (κ3) is 5.26. The summed E-state index contributed by atoms with van der Waals surface area (Å²) in [6, 6.07) is 14.3. The number of carbonyl (C=O) groups excluding carboxylic acids is 1. The van der Waals surface area contributed by atoms with Gasteiger partial charge in [-0.1, -0.05) is 30.3 Å². The van der Waals surface area contributed by atoms with Crippen LogP contribution >= 0.6 is 0 Å². The second-order valence-electron chi connectivity index (χ2n) is 6.37. The van der Waals surface area contributed by atoms with Crippen molar-refractivity contribution in [1.29, 1.82) is 0 Å². The molecule has 0 atom stereocenters. The summed E-state index contributed by atoms with van der Waals surface area (Å²) in [5, 5.41) is 5.58. The molecule has 5 heteroatoms. The first-order chi connectivity index (χ1) is 11.5. The van der Waals surface area contributed by atoms with E-state index in [0.29, 0.717) is 11.7 Å². The van der Waals surface area contributed by atoms with E-state index < -0.39 is 0 Å². The van der Waals surface area contributed by atoms with E-state index in [9.17, 15) is 4.79 Å². The van der Waals surface area contributed by atoms with E-state index in [4.69, 9.17) is 0 Å². The smallest absolute Gasteiger partial charge is 0.319 e. The normalized spacial score (nSPS) is 10.8. The van der Waals surface area contributed by atoms with Gasteiger partial charge in [0.2, 0.25) is 0 Å². The Morgan fingerprint density at radius 2 is 1.79 bits per heavy atom. The van der Waals surface area contributed by atoms with Gasteiger partial charge >= 0.3 is 6.03 Å². The van der Waals surface area contributed by atoms with E-state index in [0.717, 1.165) is 12.4 Å². The van der Waals surface area contributed by atoms with Gasteiger partial charge in [0.25, 0.3) is 0 Å². The number of amides is 2. The van der Waals surface area contributed by atoms with Gasteiger partial charge in [-0.2, -0.15) is 0 Å². The molecular weight excluding hydrogens is 300 g/mol. The number of pyridine rings is 1. The molecule has 128 valence electrons. The molecule has 0 spiro atoms. The molecule has 0 unspecified atom stereocenters. The van der Waals surface area contributed by atoms with Gasteiger partial charge in [0.1, 0.15) is 5.82 Å². The first kappa shape index (κ1) is 17.8. The number of nitrogens with one attached hydrogen (secondary N) is 2. The minimum atomic E-state index is -0.218. The fraction of sp³-hybridized carbons (Fsp3) is 0.368. The molecule has 0 bridgehead atoms. The van der Waals surface area contributed by atoms with Crippen molar-refractivity contribution in [1.82, 2.24) is 10.3 Å². The van der Waals surface area contributed by atoms with Gasteiger partial charge in [-0.25, -0.2) is 9.78 Å². The number of carbonyl (C=O) groups is 1. The van der Waals surface area contributed by atoms with Crippen molar-refractivity contribution in [3.05, 3.63) is 54.2 Å². The third-order valence-corrected chi connectivity index (χ3v) is 3.54. The van der Waals surface area contributed by atoms with Crippen molar-refractivity contribution in [2.24, 2.45) is 0 Å². The summed E-state index contributed by atoms with van der Waals surface area (Å²) in [5.41, 5.74) is 1.92. The van der Waals surface area contributed by atoms with Crippen LogP contribution < -0.4 is 15.5 Å². The lowest BCUT2D eigenvalue weighted by Gasteiger charge is -2.28. The van der Waals surface area contributed by atoms with E-state index in [1.54, 1.807) is 6.20 Å². The molecule has 1 aromatic heterocycles. The molecule has 2 rings (SSSR count). The van der Waals surface area contributed by atoms with Gasteiger partial charge in [-0.05, 0) is 45.4 Å². The quantitative estimate of drug-likeness (QED) is 0.843. The van der Waals surface area contributed by atoms with Crippen LogP contribution in [0.15, 0.2) is 48.7 Å². The summed E-state index contributed by atoms with van der Waals surface area (Å²) < 4.78 is 0. The number of aromatic nitrogens is 1. The average molecular weight is 326 g/mol. The highest BCUT2D eigenvalue weighted by Crippen LogP contribution is 2.19. The van der Waals surface area contributed by atoms with Gasteiger partial charge < -0.3 is 15.5 Å². The number of rotatable bonds is 6. The van der Waals surface area contributed by atoms with Crippen LogP contribution in [0, 0.1) is 0 Å². The Balaban J connectivity index is 2.07. The van der Waals surface area contributed by atoms with E-state index in [-0.39, 0.29) is 12.1 Å². The number of nitrogens with zero attached hydrogens (tertiary/aromatic N) is 2. The van der Waals surface area contributed by atoms with Gasteiger partial charge in [0.15, 0.2) is 0 Å². The molecule has 0 radical (unpaired) electrons. The van der Waals surface area contributed by atoms with Crippen LogP contribution in [0.2, 0.25) is 0 Å². The van der Waals surface area contributed by atoms with Crippen molar-refractivity contribution >= 4 is 17.5 Å². The van der Waals surface area contributed by atoms with Crippen LogP contribution in [-0.2, 0) is 6.54 Å². The molecule has 0 saturated carbocycles. The highest BCUT2D eigenvalue weighted by Gasteiger charge is 2.13. The molecule has 0 saturated heterocycles. The fourth-order valence-corrected chi connectivity index (χ4v) is 2.37. The number of anilines is 2. The standard InChI is InChI=1S/C19H26N4O/c1-14(2)21-19(24)22-17-10-11-18(20-12-17)23(15(3)4)13-16-8-6-5-7-9-16/h5-12,14-15H,13H2,1-4H3,(H2,21,22,24). The van der Waals surface area contributed by atoms with Crippen LogP contribution in [-0.4, -0.2) is 23.1 Å². The maximum Gasteiger partial charge on any atom is 0.319 e. The first-order valence-corrected chi connectivity index (χ1v) is 8.30. The van der Waals surface area contributed by atoms with Gasteiger partial charge in [0, 0.05) is 18.6 Å².